The molecule has 0 heterocycles. The van der Waals surface area contributed by atoms with Crippen LogP contribution >= 0.6 is 0 Å². The van der Waals surface area contributed by atoms with Gasteiger partial charge in [-0.1, -0.05) is 202 Å². The molecule has 0 radical (unpaired) electrons. The maximum Gasteiger partial charge on any atom is -0.0354 e. The maximum absolute atomic E-state index is 2.49. The Kier molecular flexibility index (Phi) is 27.0. The molecular weight excluding hydrogens is 420 g/mol. The normalized spacial score (nSPS) is 12.9. The second-order valence-electron chi connectivity index (χ2n) is 13.1. The summed E-state index contributed by atoms with van der Waals surface area (Å²) < 4.78 is 0. The Balaban J connectivity index is 3.54. The Morgan fingerprint density at radius 3 is 0.714 bits per heavy atom. The van der Waals surface area contributed by atoms with Crippen LogP contribution in [0.4, 0.5) is 0 Å². The third-order valence-corrected chi connectivity index (χ3v) is 8.54. The van der Waals surface area contributed by atoms with E-state index in [4.69, 9.17) is 0 Å². The monoisotopic (exact) mass is 493 g/mol. The molecule has 0 aromatic heterocycles. The molecule has 1 atom stereocenters. The first kappa shape index (κ1) is 35.0. The van der Waals surface area contributed by atoms with Gasteiger partial charge in [-0.25, -0.2) is 0 Å². The van der Waals surface area contributed by atoms with Gasteiger partial charge in [0.25, 0.3) is 0 Å². The standard InChI is InChI=1S/C35H72/c1-6-8-10-12-14-16-18-20-21-23-25-27-29-31-33-34(35(3,4)5)32-30-28-26-24-22-19-17-15-13-11-9-7-2/h34H,6-33H2,1-5H3. The van der Waals surface area contributed by atoms with E-state index in [-0.39, 0.29) is 0 Å². The van der Waals surface area contributed by atoms with Gasteiger partial charge in [-0.2, -0.15) is 0 Å². The summed E-state index contributed by atoms with van der Waals surface area (Å²) in [7, 11) is 0. The fourth-order valence-corrected chi connectivity index (χ4v) is 5.83. The highest BCUT2D eigenvalue weighted by Crippen LogP contribution is 2.34. The highest BCUT2D eigenvalue weighted by Gasteiger charge is 2.23. The van der Waals surface area contributed by atoms with Gasteiger partial charge in [0, 0.05) is 0 Å². The number of rotatable bonds is 28. The lowest BCUT2D eigenvalue weighted by molar-refractivity contribution is 0.201. The lowest BCUT2D eigenvalue weighted by Crippen LogP contribution is -2.20. The minimum Gasteiger partial charge on any atom is -0.0654 e. The van der Waals surface area contributed by atoms with Crippen LogP contribution in [0, 0.1) is 11.3 Å². The molecule has 0 bridgehead atoms. The average molecular weight is 493 g/mol. The van der Waals surface area contributed by atoms with Gasteiger partial charge in [0.2, 0.25) is 0 Å². The molecule has 0 saturated carbocycles. The summed E-state index contributed by atoms with van der Waals surface area (Å²) in [5.41, 5.74) is 0.494. The summed E-state index contributed by atoms with van der Waals surface area (Å²) in [5, 5.41) is 0. The van der Waals surface area contributed by atoms with Gasteiger partial charge in [0.15, 0.2) is 0 Å². The molecule has 0 aliphatic carbocycles. The molecule has 212 valence electrons. The molecule has 0 N–H and O–H groups in total. The zero-order chi connectivity index (χ0) is 25.9. The third kappa shape index (κ3) is 26.9. The van der Waals surface area contributed by atoms with Gasteiger partial charge >= 0.3 is 0 Å². The summed E-state index contributed by atoms with van der Waals surface area (Å²) in [4.78, 5) is 0. The highest BCUT2D eigenvalue weighted by atomic mass is 14.3. The molecule has 0 heteroatoms. The molecule has 0 spiro atoms. The number of hydrogen-bond donors (Lipinski definition) is 0. The van der Waals surface area contributed by atoms with Crippen molar-refractivity contribution in [3.05, 3.63) is 0 Å². The Morgan fingerprint density at radius 1 is 0.314 bits per heavy atom. The van der Waals surface area contributed by atoms with Crippen LogP contribution in [0.5, 0.6) is 0 Å². The maximum atomic E-state index is 2.49. The summed E-state index contributed by atoms with van der Waals surface area (Å²) in [6.07, 6.45) is 41.1. The molecule has 35 heavy (non-hydrogen) atoms. The van der Waals surface area contributed by atoms with Crippen molar-refractivity contribution in [2.24, 2.45) is 11.3 Å². The molecule has 0 amide bonds. The van der Waals surface area contributed by atoms with Gasteiger partial charge in [-0.3, -0.25) is 0 Å². The van der Waals surface area contributed by atoms with Gasteiger partial charge in [-0.05, 0) is 24.2 Å². The van der Waals surface area contributed by atoms with Crippen molar-refractivity contribution in [2.75, 3.05) is 0 Å². The highest BCUT2D eigenvalue weighted by molar-refractivity contribution is 4.74. The van der Waals surface area contributed by atoms with E-state index in [2.05, 4.69) is 34.6 Å². The van der Waals surface area contributed by atoms with Crippen LogP contribution < -0.4 is 0 Å². The van der Waals surface area contributed by atoms with E-state index in [1.807, 2.05) is 0 Å². The van der Waals surface area contributed by atoms with Crippen molar-refractivity contribution in [2.45, 2.75) is 214 Å². The molecular formula is C35H72. The second-order valence-corrected chi connectivity index (χ2v) is 13.1. The Labute approximate surface area is 225 Å². The zero-order valence-corrected chi connectivity index (χ0v) is 25.9. The molecule has 0 saturated heterocycles. The molecule has 0 fully saturated rings. The minimum atomic E-state index is 0.494. The first-order chi connectivity index (χ1) is 17.0. The minimum absolute atomic E-state index is 0.494. The van der Waals surface area contributed by atoms with Crippen LogP contribution in [0.15, 0.2) is 0 Å². The van der Waals surface area contributed by atoms with Crippen molar-refractivity contribution < 1.29 is 0 Å². The van der Waals surface area contributed by atoms with Crippen molar-refractivity contribution in [1.82, 2.24) is 0 Å². The van der Waals surface area contributed by atoms with E-state index < -0.39 is 0 Å². The van der Waals surface area contributed by atoms with Crippen molar-refractivity contribution in [1.29, 1.82) is 0 Å². The number of hydrogen-bond acceptors (Lipinski definition) is 0. The molecule has 0 aliphatic rings. The average Bonchev–Trinajstić information content (AvgIpc) is 2.82. The Morgan fingerprint density at radius 2 is 0.514 bits per heavy atom. The van der Waals surface area contributed by atoms with Crippen LogP contribution in [-0.4, -0.2) is 0 Å². The first-order valence-electron chi connectivity index (χ1n) is 17.0. The van der Waals surface area contributed by atoms with Gasteiger partial charge in [0.1, 0.15) is 0 Å². The Bertz CT molecular complexity index is 376. The van der Waals surface area contributed by atoms with E-state index in [0.29, 0.717) is 5.41 Å². The Hall–Kier alpha value is 0. The predicted molar refractivity (Wildman–Crippen MR) is 164 cm³/mol. The van der Waals surface area contributed by atoms with E-state index in [1.54, 1.807) is 0 Å². The van der Waals surface area contributed by atoms with Crippen molar-refractivity contribution in [3.63, 3.8) is 0 Å². The molecule has 0 aliphatic heterocycles. The molecule has 1 unspecified atom stereocenters. The third-order valence-electron chi connectivity index (χ3n) is 8.54. The summed E-state index contributed by atoms with van der Waals surface area (Å²) >= 11 is 0. The predicted octanol–water partition coefficient (Wildman–Crippen LogP) is 13.6. The molecule has 0 aromatic rings. The SMILES string of the molecule is CCCCCCCCCCCCCCCCC(CCCCCCCCCCCCCC)C(C)(C)C. The fraction of sp³-hybridized carbons (Fsp3) is 1.00. The zero-order valence-electron chi connectivity index (χ0n) is 25.9. The summed E-state index contributed by atoms with van der Waals surface area (Å²) in [6, 6.07) is 0. The smallest absolute Gasteiger partial charge is 0.0354 e. The van der Waals surface area contributed by atoms with Crippen LogP contribution in [-0.2, 0) is 0 Å². The van der Waals surface area contributed by atoms with Crippen LogP contribution in [0.25, 0.3) is 0 Å². The van der Waals surface area contributed by atoms with Gasteiger partial charge in [0.05, 0.1) is 0 Å². The lowest BCUT2D eigenvalue weighted by atomic mass is 9.75. The quantitative estimate of drug-likeness (QED) is 0.0952. The van der Waals surface area contributed by atoms with E-state index in [0.717, 1.165) is 5.92 Å². The van der Waals surface area contributed by atoms with Crippen molar-refractivity contribution >= 4 is 0 Å². The fourth-order valence-electron chi connectivity index (χ4n) is 5.83. The number of unbranched alkanes of at least 4 members (excludes halogenated alkanes) is 24. The topological polar surface area (TPSA) is 0 Å². The second kappa shape index (κ2) is 27.0. The summed E-state index contributed by atoms with van der Waals surface area (Å²) in [5.74, 6) is 0.933. The van der Waals surface area contributed by atoms with Crippen molar-refractivity contribution in [3.8, 4) is 0 Å². The van der Waals surface area contributed by atoms with Gasteiger partial charge in [-0.15, -0.1) is 0 Å². The van der Waals surface area contributed by atoms with Gasteiger partial charge < -0.3 is 0 Å². The molecule has 0 nitrogen and oxygen atoms in total. The largest absolute Gasteiger partial charge is 0.0654 e. The van der Waals surface area contributed by atoms with Crippen LogP contribution in [0.2, 0.25) is 0 Å². The van der Waals surface area contributed by atoms with E-state index in [1.165, 1.54) is 180 Å². The first-order valence-corrected chi connectivity index (χ1v) is 17.0. The van der Waals surface area contributed by atoms with E-state index >= 15 is 0 Å². The van der Waals surface area contributed by atoms with E-state index in [9.17, 15) is 0 Å². The van der Waals surface area contributed by atoms with Crippen LogP contribution in [0.3, 0.4) is 0 Å². The van der Waals surface area contributed by atoms with Crippen LogP contribution in [0.1, 0.15) is 214 Å². The molecule has 0 aromatic carbocycles. The lowest BCUT2D eigenvalue weighted by Gasteiger charge is -2.31. The summed E-state index contributed by atoms with van der Waals surface area (Å²) in [6.45, 7) is 12.1. The molecule has 0 rings (SSSR count).